The van der Waals surface area contributed by atoms with Crippen molar-refractivity contribution in [3.8, 4) is 0 Å². The Balaban J connectivity index is 2.03. The van der Waals surface area contributed by atoms with Gasteiger partial charge >= 0.3 is 0 Å². The van der Waals surface area contributed by atoms with Crippen LogP contribution in [0.4, 0.5) is 5.69 Å². The van der Waals surface area contributed by atoms with Gasteiger partial charge in [-0.1, -0.05) is 64.1 Å². The first-order valence-electron chi connectivity index (χ1n) is 9.29. The van der Waals surface area contributed by atoms with E-state index in [0.29, 0.717) is 11.8 Å². The number of hydrogen-bond donors (Lipinski definition) is 1. The van der Waals surface area contributed by atoms with E-state index in [9.17, 15) is 0 Å². The van der Waals surface area contributed by atoms with Crippen LogP contribution in [0.3, 0.4) is 0 Å². The van der Waals surface area contributed by atoms with Gasteiger partial charge in [0.2, 0.25) is 0 Å². The van der Waals surface area contributed by atoms with Gasteiger partial charge in [-0.2, -0.15) is 0 Å². The Bertz CT molecular complexity index is 854. The van der Waals surface area contributed by atoms with Gasteiger partial charge in [0.1, 0.15) is 0 Å². The second-order valence-electron chi connectivity index (χ2n) is 7.64. The van der Waals surface area contributed by atoms with E-state index < -0.39 is 0 Å². The van der Waals surface area contributed by atoms with E-state index in [2.05, 4.69) is 62.2 Å². The zero-order valence-corrected chi connectivity index (χ0v) is 16.8. The molecular weight excluding hydrogens is 338 g/mol. The SMILES string of the molecule is CC(C)CN(CC(C)C)C(=S)Nc1c2ccccc2nc2ccccc12. The summed E-state index contributed by atoms with van der Waals surface area (Å²) in [5.41, 5.74) is 3.01. The Kier molecular flexibility index (Phi) is 5.72. The number of thiocarbonyl (C=S) groups is 1. The van der Waals surface area contributed by atoms with E-state index >= 15 is 0 Å². The number of nitrogens with one attached hydrogen (secondary N) is 1. The summed E-state index contributed by atoms with van der Waals surface area (Å²) in [6, 6.07) is 16.5. The number of anilines is 1. The summed E-state index contributed by atoms with van der Waals surface area (Å²) in [6.45, 7) is 10.8. The Labute approximate surface area is 161 Å². The molecular formula is C22H27N3S. The molecule has 0 amide bonds. The molecule has 0 fully saturated rings. The molecule has 2 aromatic carbocycles. The molecule has 3 nitrogen and oxygen atoms in total. The smallest absolute Gasteiger partial charge is 0.173 e. The minimum atomic E-state index is 0.555. The summed E-state index contributed by atoms with van der Waals surface area (Å²) in [7, 11) is 0. The molecule has 4 heteroatoms. The van der Waals surface area contributed by atoms with E-state index in [1.807, 2.05) is 24.3 Å². The lowest BCUT2D eigenvalue weighted by Gasteiger charge is -2.29. The quantitative estimate of drug-likeness (QED) is 0.464. The van der Waals surface area contributed by atoms with Crippen molar-refractivity contribution in [2.75, 3.05) is 18.4 Å². The second-order valence-corrected chi connectivity index (χ2v) is 8.03. The molecule has 0 bridgehead atoms. The molecule has 3 aromatic rings. The largest absolute Gasteiger partial charge is 0.349 e. The monoisotopic (exact) mass is 365 g/mol. The molecule has 0 unspecified atom stereocenters. The molecule has 0 radical (unpaired) electrons. The number of pyridine rings is 1. The van der Waals surface area contributed by atoms with Crippen molar-refractivity contribution >= 4 is 44.8 Å². The van der Waals surface area contributed by atoms with Crippen LogP contribution in [0.25, 0.3) is 21.8 Å². The Morgan fingerprint density at radius 3 is 1.81 bits per heavy atom. The number of fused-ring (bicyclic) bond motifs is 2. The highest BCUT2D eigenvalue weighted by molar-refractivity contribution is 7.80. The fourth-order valence-electron chi connectivity index (χ4n) is 3.28. The molecule has 0 aliphatic rings. The van der Waals surface area contributed by atoms with Gasteiger partial charge in [-0.05, 0) is 36.2 Å². The summed E-state index contributed by atoms with van der Waals surface area (Å²) in [4.78, 5) is 7.08. The molecule has 1 heterocycles. The zero-order valence-electron chi connectivity index (χ0n) is 16.0. The van der Waals surface area contributed by atoms with Crippen molar-refractivity contribution in [2.45, 2.75) is 27.7 Å². The topological polar surface area (TPSA) is 28.2 Å². The Hall–Kier alpha value is -2.20. The highest BCUT2D eigenvalue weighted by Gasteiger charge is 2.16. The molecule has 26 heavy (non-hydrogen) atoms. The second kappa shape index (κ2) is 8.00. The number of rotatable bonds is 5. The summed E-state index contributed by atoms with van der Waals surface area (Å²) >= 11 is 5.81. The van der Waals surface area contributed by atoms with Crippen LogP contribution in [0.2, 0.25) is 0 Å². The molecule has 3 rings (SSSR count). The van der Waals surface area contributed by atoms with Crippen molar-refractivity contribution < 1.29 is 0 Å². The number of aromatic nitrogens is 1. The van der Waals surface area contributed by atoms with E-state index in [1.54, 1.807) is 0 Å². The molecule has 0 aliphatic heterocycles. The third kappa shape index (κ3) is 4.13. The molecule has 136 valence electrons. The third-order valence-electron chi connectivity index (χ3n) is 4.28. The van der Waals surface area contributed by atoms with E-state index in [0.717, 1.165) is 45.7 Å². The molecule has 0 spiro atoms. The first-order chi connectivity index (χ1) is 12.5. The molecule has 0 saturated heterocycles. The predicted molar refractivity (Wildman–Crippen MR) is 117 cm³/mol. The minimum Gasteiger partial charge on any atom is -0.349 e. The lowest BCUT2D eigenvalue weighted by molar-refractivity contribution is 0.332. The minimum absolute atomic E-state index is 0.555. The number of hydrogen-bond acceptors (Lipinski definition) is 2. The average Bonchev–Trinajstić information content (AvgIpc) is 2.60. The van der Waals surface area contributed by atoms with Crippen molar-refractivity contribution in [2.24, 2.45) is 11.8 Å². The van der Waals surface area contributed by atoms with Crippen LogP contribution in [-0.2, 0) is 0 Å². The first kappa shape index (κ1) is 18.6. The van der Waals surface area contributed by atoms with Gasteiger partial charge in [0.25, 0.3) is 0 Å². The lowest BCUT2D eigenvalue weighted by atomic mass is 10.1. The molecule has 0 saturated carbocycles. The van der Waals surface area contributed by atoms with Crippen molar-refractivity contribution in [1.29, 1.82) is 0 Å². The highest BCUT2D eigenvalue weighted by Crippen LogP contribution is 2.31. The van der Waals surface area contributed by atoms with Crippen LogP contribution in [-0.4, -0.2) is 28.1 Å². The standard InChI is InChI=1S/C22H27N3S/c1-15(2)13-25(14-16(3)4)22(26)24-21-17-9-5-7-11-19(17)23-20-12-8-6-10-18(20)21/h5-12,15-16H,13-14H2,1-4H3,(H,23,24,26). The van der Waals surface area contributed by atoms with E-state index in [4.69, 9.17) is 17.2 Å². The van der Waals surface area contributed by atoms with Gasteiger partial charge in [-0.25, -0.2) is 4.98 Å². The number of benzene rings is 2. The maximum absolute atomic E-state index is 5.81. The van der Waals surface area contributed by atoms with Crippen molar-refractivity contribution in [1.82, 2.24) is 9.88 Å². The maximum atomic E-state index is 5.81. The number of nitrogens with zero attached hydrogens (tertiary/aromatic N) is 2. The van der Waals surface area contributed by atoms with Crippen LogP contribution in [0.5, 0.6) is 0 Å². The van der Waals surface area contributed by atoms with Gasteiger partial charge in [0, 0.05) is 23.9 Å². The summed E-state index contributed by atoms with van der Waals surface area (Å²) in [5.74, 6) is 1.11. The fraction of sp³-hybridized carbons (Fsp3) is 0.364. The van der Waals surface area contributed by atoms with Crippen LogP contribution in [0.1, 0.15) is 27.7 Å². The molecule has 1 N–H and O–H groups in total. The summed E-state index contributed by atoms with van der Waals surface area (Å²) in [5, 5.41) is 6.54. The van der Waals surface area contributed by atoms with Gasteiger partial charge < -0.3 is 10.2 Å². The van der Waals surface area contributed by atoms with Crippen LogP contribution >= 0.6 is 12.2 Å². The highest BCUT2D eigenvalue weighted by atomic mass is 32.1. The Morgan fingerprint density at radius 1 is 0.885 bits per heavy atom. The normalized spacial score (nSPS) is 11.5. The van der Waals surface area contributed by atoms with Crippen LogP contribution < -0.4 is 5.32 Å². The van der Waals surface area contributed by atoms with E-state index in [-0.39, 0.29) is 0 Å². The van der Waals surface area contributed by atoms with Gasteiger partial charge in [0.05, 0.1) is 16.7 Å². The predicted octanol–water partition coefficient (Wildman–Crippen LogP) is 5.70. The van der Waals surface area contributed by atoms with Gasteiger partial charge in [-0.3, -0.25) is 0 Å². The molecule has 0 aliphatic carbocycles. The van der Waals surface area contributed by atoms with Crippen LogP contribution in [0.15, 0.2) is 48.5 Å². The molecule has 0 atom stereocenters. The fourth-order valence-corrected chi connectivity index (χ4v) is 3.53. The summed E-state index contributed by atoms with van der Waals surface area (Å²) in [6.07, 6.45) is 0. The van der Waals surface area contributed by atoms with Crippen molar-refractivity contribution in [3.05, 3.63) is 48.5 Å². The number of para-hydroxylation sites is 2. The third-order valence-corrected chi connectivity index (χ3v) is 4.64. The Morgan fingerprint density at radius 2 is 1.35 bits per heavy atom. The summed E-state index contributed by atoms with van der Waals surface area (Å²) < 4.78 is 0. The van der Waals surface area contributed by atoms with E-state index in [1.165, 1.54) is 0 Å². The lowest BCUT2D eigenvalue weighted by Crippen LogP contribution is -2.39. The zero-order chi connectivity index (χ0) is 18.7. The van der Waals surface area contributed by atoms with Gasteiger partial charge in [0.15, 0.2) is 5.11 Å². The average molecular weight is 366 g/mol. The maximum Gasteiger partial charge on any atom is 0.173 e. The van der Waals surface area contributed by atoms with Gasteiger partial charge in [-0.15, -0.1) is 0 Å². The van der Waals surface area contributed by atoms with Crippen molar-refractivity contribution in [3.63, 3.8) is 0 Å². The molecule has 1 aromatic heterocycles. The van der Waals surface area contributed by atoms with Crippen LogP contribution in [0, 0.1) is 11.8 Å². The first-order valence-corrected chi connectivity index (χ1v) is 9.70.